The van der Waals surface area contributed by atoms with E-state index in [1.54, 1.807) is 12.1 Å². The lowest BCUT2D eigenvalue weighted by molar-refractivity contribution is -0.121. The van der Waals surface area contributed by atoms with E-state index in [2.05, 4.69) is 4.98 Å². The number of thioether (sulfide) groups is 1. The maximum absolute atomic E-state index is 12.8. The van der Waals surface area contributed by atoms with Crippen LogP contribution in [-0.4, -0.2) is 22.0 Å². The van der Waals surface area contributed by atoms with Gasteiger partial charge in [0.15, 0.2) is 4.34 Å². The van der Waals surface area contributed by atoms with Gasteiger partial charge in [-0.3, -0.25) is 9.59 Å². The van der Waals surface area contributed by atoms with E-state index in [1.165, 1.54) is 28.0 Å². The van der Waals surface area contributed by atoms with Crippen LogP contribution in [-0.2, 0) is 9.59 Å². The van der Waals surface area contributed by atoms with Crippen LogP contribution in [0.4, 0.5) is 5.69 Å². The van der Waals surface area contributed by atoms with Crippen LogP contribution in [0, 0.1) is 6.92 Å². The number of nitrogens with zero attached hydrogens (tertiary/aromatic N) is 2. The third-order valence-electron chi connectivity index (χ3n) is 4.04. The normalized spacial score (nSPS) is 17.7. The highest BCUT2D eigenvalue weighted by molar-refractivity contribution is 8.02. The maximum Gasteiger partial charge on any atom is 0.247 e. The Morgan fingerprint density at radius 3 is 2.80 bits per heavy atom. The zero-order valence-electron chi connectivity index (χ0n) is 13.2. The van der Waals surface area contributed by atoms with Crippen molar-refractivity contribution in [2.24, 2.45) is 0 Å². The van der Waals surface area contributed by atoms with Crippen molar-refractivity contribution in [3.63, 3.8) is 0 Å². The molecule has 1 aliphatic heterocycles. The summed E-state index contributed by atoms with van der Waals surface area (Å²) in [6, 6.07) is 13.1. The number of aryl methyl sites for hydroxylation is 1. The second-order valence-corrected chi connectivity index (χ2v) is 8.65. The lowest BCUT2D eigenvalue weighted by Crippen LogP contribution is -2.31. The number of benzene rings is 2. The van der Waals surface area contributed by atoms with Gasteiger partial charge in [0, 0.05) is 11.4 Å². The Hall–Kier alpha value is -1.89. The molecular formula is C18H13ClN2O2S2. The molecule has 0 spiro atoms. The molecule has 0 N–H and O–H groups in total. The number of fused-ring (bicyclic) bond motifs is 1. The molecule has 2 amide bonds. The van der Waals surface area contributed by atoms with Gasteiger partial charge in [0.1, 0.15) is 5.25 Å². The molecule has 7 heteroatoms. The second-order valence-electron chi connectivity index (χ2n) is 5.76. The van der Waals surface area contributed by atoms with Gasteiger partial charge in [-0.25, -0.2) is 9.88 Å². The van der Waals surface area contributed by atoms with Gasteiger partial charge in [-0.15, -0.1) is 11.3 Å². The Morgan fingerprint density at radius 1 is 1.24 bits per heavy atom. The Balaban J connectivity index is 1.59. The van der Waals surface area contributed by atoms with Gasteiger partial charge in [-0.05, 0) is 36.8 Å². The number of anilines is 1. The predicted octanol–water partition coefficient (Wildman–Crippen LogP) is 4.68. The minimum Gasteiger partial charge on any atom is -0.274 e. The number of rotatable bonds is 3. The molecule has 4 nitrogen and oxygen atoms in total. The van der Waals surface area contributed by atoms with Crippen LogP contribution in [0.1, 0.15) is 12.0 Å². The summed E-state index contributed by atoms with van der Waals surface area (Å²) in [5.74, 6) is -0.419. The molecule has 0 unspecified atom stereocenters. The van der Waals surface area contributed by atoms with Crippen LogP contribution in [0.2, 0.25) is 5.02 Å². The summed E-state index contributed by atoms with van der Waals surface area (Å²) in [5.41, 5.74) is 2.34. The van der Waals surface area contributed by atoms with Crippen molar-refractivity contribution in [3.8, 4) is 0 Å². The molecule has 4 rings (SSSR count). The number of halogens is 1. The molecule has 0 bridgehead atoms. The van der Waals surface area contributed by atoms with Crippen molar-refractivity contribution in [2.75, 3.05) is 4.90 Å². The molecule has 126 valence electrons. The van der Waals surface area contributed by atoms with Gasteiger partial charge >= 0.3 is 0 Å². The monoisotopic (exact) mass is 388 g/mol. The summed E-state index contributed by atoms with van der Waals surface area (Å²) >= 11 is 9.03. The third-order valence-corrected chi connectivity index (χ3v) is 6.76. The molecule has 0 saturated carbocycles. The first-order valence-corrected chi connectivity index (χ1v) is 9.75. The summed E-state index contributed by atoms with van der Waals surface area (Å²) in [6.45, 7) is 1.88. The smallest absolute Gasteiger partial charge is 0.247 e. The Kier molecular flexibility index (Phi) is 4.27. The summed E-state index contributed by atoms with van der Waals surface area (Å²) in [7, 11) is 0. The highest BCUT2D eigenvalue weighted by Crippen LogP contribution is 2.38. The molecule has 1 aliphatic rings. The first-order valence-electron chi connectivity index (χ1n) is 7.68. The Bertz CT molecular complexity index is 969. The van der Waals surface area contributed by atoms with Crippen molar-refractivity contribution in [3.05, 3.63) is 53.1 Å². The molecule has 1 aromatic heterocycles. The molecule has 0 radical (unpaired) electrons. The Morgan fingerprint density at radius 2 is 2.04 bits per heavy atom. The summed E-state index contributed by atoms with van der Waals surface area (Å²) in [4.78, 5) is 30.9. The zero-order valence-corrected chi connectivity index (χ0v) is 15.6. The average molecular weight is 389 g/mol. The lowest BCUT2D eigenvalue weighted by Gasteiger charge is -2.15. The SMILES string of the molecule is Cc1ccc(N2C(=O)C[C@H](Sc3nc4ccccc4s3)C2=O)cc1Cl. The molecule has 25 heavy (non-hydrogen) atoms. The molecule has 1 atom stereocenters. The fourth-order valence-electron chi connectivity index (χ4n) is 2.71. The van der Waals surface area contributed by atoms with E-state index in [9.17, 15) is 9.59 Å². The van der Waals surface area contributed by atoms with Crippen molar-refractivity contribution < 1.29 is 9.59 Å². The van der Waals surface area contributed by atoms with E-state index in [4.69, 9.17) is 11.6 Å². The number of hydrogen-bond acceptors (Lipinski definition) is 5. The Labute approximate surface area is 157 Å². The van der Waals surface area contributed by atoms with E-state index in [1.807, 2.05) is 37.3 Å². The van der Waals surface area contributed by atoms with Crippen molar-refractivity contribution in [2.45, 2.75) is 22.9 Å². The van der Waals surface area contributed by atoms with E-state index in [0.717, 1.165) is 20.1 Å². The molecule has 2 heterocycles. The molecule has 0 aliphatic carbocycles. The fraction of sp³-hybridized carbons (Fsp3) is 0.167. The van der Waals surface area contributed by atoms with E-state index in [0.29, 0.717) is 10.7 Å². The standard InChI is InChI=1S/C18H13ClN2O2S2/c1-10-6-7-11(8-12(10)19)21-16(22)9-15(17(21)23)25-18-20-13-4-2-3-5-14(13)24-18/h2-8,15H,9H2,1H3/t15-/m0/s1. The third kappa shape index (κ3) is 3.05. The van der Waals surface area contributed by atoms with Gasteiger partial charge in [-0.1, -0.05) is 41.6 Å². The minimum atomic E-state index is -0.451. The molecular weight excluding hydrogens is 376 g/mol. The van der Waals surface area contributed by atoms with E-state index in [-0.39, 0.29) is 18.2 Å². The lowest BCUT2D eigenvalue weighted by atomic mass is 10.2. The number of carbonyl (C=O) groups is 2. The number of carbonyl (C=O) groups excluding carboxylic acids is 2. The van der Waals surface area contributed by atoms with Crippen molar-refractivity contribution in [1.82, 2.24) is 4.98 Å². The van der Waals surface area contributed by atoms with Crippen molar-refractivity contribution >= 4 is 62.4 Å². The number of thiazole rings is 1. The van der Waals surface area contributed by atoms with Crippen LogP contribution in [0.25, 0.3) is 10.2 Å². The van der Waals surface area contributed by atoms with Gasteiger partial charge in [0.05, 0.1) is 15.9 Å². The van der Waals surface area contributed by atoms with Crippen LogP contribution in [0.15, 0.2) is 46.8 Å². The zero-order chi connectivity index (χ0) is 17.6. The largest absolute Gasteiger partial charge is 0.274 e. The highest BCUT2D eigenvalue weighted by atomic mass is 35.5. The predicted molar refractivity (Wildman–Crippen MR) is 103 cm³/mol. The van der Waals surface area contributed by atoms with Gasteiger partial charge in [0.2, 0.25) is 11.8 Å². The van der Waals surface area contributed by atoms with Crippen LogP contribution in [0.5, 0.6) is 0 Å². The van der Waals surface area contributed by atoms with Gasteiger partial charge in [0.25, 0.3) is 0 Å². The molecule has 1 saturated heterocycles. The van der Waals surface area contributed by atoms with Gasteiger partial charge < -0.3 is 0 Å². The first-order chi connectivity index (χ1) is 12.0. The van der Waals surface area contributed by atoms with Crippen LogP contribution in [0.3, 0.4) is 0 Å². The number of aromatic nitrogens is 1. The minimum absolute atomic E-state index is 0.172. The maximum atomic E-state index is 12.8. The van der Waals surface area contributed by atoms with E-state index < -0.39 is 5.25 Å². The molecule has 3 aromatic rings. The number of hydrogen-bond donors (Lipinski definition) is 0. The summed E-state index contributed by atoms with van der Waals surface area (Å²) in [6.07, 6.45) is 0.172. The van der Waals surface area contributed by atoms with Crippen molar-refractivity contribution in [1.29, 1.82) is 0 Å². The van der Waals surface area contributed by atoms with Gasteiger partial charge in [-0.2, -0.15) is 0 Å². The quantitative estimate of drug-likeness (QED) is 0.611. The van der Waals surface area contributed by atoms with E-state index >= 15 is 0 Å². The number of para-hydroxylation sites is 1. The fourth-order valence-corrected chi connectivity index (χ4v) is 5.22. The average Bonchev–Trinajstić information content (AvgIpc) is 3.11. The van der Waals surface area contributed by atoms with Crippen LogP contribution >= 0.6 is 34.7 Å². The number of amides is 2. The first kappa shape index (κ1) is 16.6. The van der Waals surface area contributed by atoms with Crippen LogP contribution < -0.4 is 4.90 Å². The molecule has 2 aromatic carbocycles. The molecule has 1 fully saturated rings. The summed E-state index contributed by atoms with van der Waals surface area (Å²) < 4.78 is 1.88. The second kappa shape index (κ2) is 6.44. The number of imide groups is 1. The summed E-state index contributed by atoms with van der Waals surface area (Å²) in [5, 5.41) is 0.0912. The topological polar surface area (TPSA) is 50.3 Å². The highest BCUT2D eigenvalue weighted by Gasteiger charge is 2.40.